The number of aromatic nitrogens is 3. The number of nitrogens with zero attached hydrogens (tertiary/aromatic N) is 3. The topological polar surface area (TPSA) is 104 Å². The average molecular weight is 507 g/mol. The number of aromatic amines is 1. The van der Waals surface area contributed by atoms with Gasteiger partial charge in [0.15, 0.2) is 11.6 Å². The Labute approximate surface area is 212 Å². The maximum Gasteiger partial charge on any atom is 0.341 e. The van der Waals surface area contributed by atoms with Gasteiger partial charge in [0.2, 0.25) is 5.67 Å². The molecule has 192 valence electrons. The van der Waals surface area contributed by atoms with E-state index in [1.807, 2.05) is 30.5 Å². The lowest BCUT2D eigenvalue weighted by Gasteiger charge is -2.34. The number of H-pyrrole nitrogens is 1. The number of carbonyl (C=O) groups is 1. The Morgan fingerprint density at radius 2 is 2.05 bits per heavy atom. The largest absolute Gasteiger partial charge is 0.494 e. The Kier molecular flexibility index (Phi) is 5.94. The third-order valence-corrected chi connectivity index (χ3v) is 7.69. The first kappa shape index (κ1) is 24.8. The van der Waals surface area contributed by atoms with Gasteiger partial charge in [-0.3, -0.25) is 5.10 Å². The summed E-state index contributed by atoms with van der Waals surface area (Å²) < 4.78 is 36.7. The van der Waals surface area contributed by atoms with Crippen LogP contribution in [0.4, 0.5) is 8.78 Å². The molecular weight excluding hydrogens is 478 g/mol. The van der Waals surface area contributed by atoms with E-state index in [2.05, 4.69) is 16.3 Å². The van der Waals surface area contributed by atoms with Crippen LogP contribution in [0, 0.1) is 17.1 Å². The van der Waals surface area contributed by atoms with Gasteiger partial charge in [0, 0.05) is 40.1 Å². The summed E-state index contributed by atoms with van der Waals surface area (Å²) in [7, 11) is 1.41. The normalized spacial score (nSPS) is 20.3. The molecule has 2 aromatic carbocycles. The molecule has 5 rings (SSSR count). The van der Waals surface area contributed by atoms with E-state index in [1.165, 1.54) is 13.2 Å². The number of alkyl halides is 1. The summed E-state index contributed by atoms with van der Waals surface area (Å²) >= 11 is 0. The highest BCUT2D eigenvalue weighted by atomic mass is 19.1. The Balaban J connectivity index is 1.83. The highest BCUT2D eigenvalue weighted by Gasteiger charge is 2.44. The molecule has 1 saturated carbocycles. The van der Waals surface area contributed by atoms with E-state index in [9.17, 15) is 19.6 Å². The fourth-order valence-electron chi connectivity index (χ4n) is 5.74. The van der Waals surface area contributed by atoms with Gasteiger partial charge >= 0.3 is 5.97 Å². The van der Waals surface area contributed by atoms with Crippen LogP contribution >= 0.6 is 0 Å². The van der Waals surface area contributed by atoms with Crippen LogP contribution in [0.2, 0.25) is 0 Å². The molecule has 0 radical (unpaired) electrons. The van der Waals surface area contributed by atoms with Gasteiger partial charge in [0.05, 0.1) is 30.4 Å². The molecule has 9 heteroatoms. The fraction of sp³-hybridized carbons (Fsp3) is 0.393. The van der Waals surface area contributed by atoms with Gasteiger partial charge in [0.1, 0.15) is 0 Å². The first-order valence-corrected chi connectivity index (χ1v) is 12.2. The summed E-state index contributed by atoms with van der Waals surface area (Å²) in [5.74, 6) is -1.94. The Morgan fingerprint density at radius 3 is 2.70 bits per heavy atom. The van der Waals surface area contributed by atoms with Gasteiger partial charge in [-0.25, -0.2) is 13.6 Å². The third kappa shape index (κ3) is 4.01. The highest BCUT2D eigenvalue weighted by Crippen LogP contribution is 2.49. The average Bonchev–Trinajstić information content (AvgIpc) is 3.45. The molecule has 0 atom stereocenters. The van der Waals surface area contributed by atoms with E-state index in [0.717, 1.165) is 33.1 Å². The van der Waals surface area contributed by atoms with Crippen molar-refractivity contribution in [1.82, 2.24) is 14.8 Å². The number of carboxylic acids is 1. The summed E-state index contributed by atoms with van der Waals surface area (Å²) in [6, 6.07) is 10.9. The zero-order chi connectivity index (χ0) is 26.5. The molecule has 2 aromatic heterocycles. The Bertz CT molecular complexity index is 1560. The molecule has 37 heavy (non-hydrogen) atoms. The van der Waals surface area contributed by atoms with Crippen molar-refractivity contribution in [1.29, 1.82) is 5.26 Å². The maximum atomic E-state index is 15.0. The third-order valence-electron chi connectivity index (χ3n) is 7.69. The van der Waals surface area contributed by atoms with E-state index in [-0.39, 0.29) is 30.9 Å². The summed E-state index contributed by atoms with van der Waals surface area (Å²) in [5.41, 5.74) is 1.29. The van der Waals surface area contributed by atoms with Crippen molar-refractivity contribution in [3.8, 4) is 17.5 Å². The maximum absolute atomic E-state index is 15.0. The number of hydrogen-bond donors (Lipinski definition) is 2. The van der Waals surface area contributed by atoms with Crippen molar-refractivity contribution < 1.29 is 23.4 Å². The molecule has 0 aliphatic heterocycles. The first-order chi connectivity index (χ1) is 17.6. The summed E-state index contributed by atoms with van der Waals surface area (Å²) in [6.07, 6.45) is 2.46. The van der Waals surface area contributed by atoms with Crippen molar-refractivity contribution in [2.75, 3.05) is 7.11 Å². The van der Waals surface area contributed by atoms with Crippen molar-refractivity contribution in [2.24, 2.45) is 0 Å². The molecule has 0 spiro atoms. The van der Waals surface area contributed by atoms with Crippen LogP contribution in [0.15, 0.2) is 36.5 Å². The molecule has 1 fully saturated rings. The highest BCUT2D eigenvalue weighted by molar-refractivity contribution is 5.99. The van der Waals surface area contributed by atoms with E-state index in [1.54, 1.807) is 18.3 Å². The number of fused-ring (bicyclic) bond motifs is 2. The number of halogens is 2. The van der Waals surface area contributed by atoms with E-state index in [4.69, 9.17) is 4.74 Å². The van der Waals surface area contributed by atoms with Gasteiger partial charge in [-0.15, -0.1) is 0 Å². The van der Waals surface area contributed by atoms with Crippen LogP contribution in [-0.2, 0) is 10.2 Å². The van der Waals surface area contributed by atoms with Crippen LogP contribution in [0.25, 0.3) is 27.5 Å². The quantitative estimate of drug-likeness (QED) is 0.320. The monoisotopic (exact) mass is 506 g/mol. The van der Waals surface area contributed by atoms with Crippen molar-refractivity contribution in [3.63, 3.8) is 0 Å². The summed E-state index contributed by atoms with van der Waals surface area (Å²) in [4.78, 5) is 11.6. The minimum Gasteiger partial charge on any atom is -0.494 e. The number of nitriles is 1. The van der Waals surface area contributed by atoms with E-state index < -0.39 is 22.9 Å². The number of rotatable bonds is 6. The molecule has 7 nitrogen and oxygen atoms in total. The SMILES string of the molecule is COc1cc(-n2c(C(C)(C)CC#N)c(C3CCC(F)(C(=O)O)CC3)c3cc4[nH]ncc4cc32)ccc1F. The van der Waals surface area contributed by atoms with Gasteiger partial charge in [0.25, 0.3) is 0 Å². The molecular formula is C28H28F2N4O3. The Hall–Kier alpha value is -3.93. The second-order valence-corrected chi connectivity index (χ2v) is 10.5. The summed E-state index contributed by atoms with van der Waals surface area (Å²) in [6.45, 7) is 3.97. The van der Waals surface area contributed by atoms with Gasteiger partial charge < -0.3 is 14.4 Å². The zero-order valence-corrected chi connectivity index (χ0v) is 20.9. The predicted molar refractivity (Wildman–Crippen MR) is 135 cm³/mol. The Morgan fingerprint density at radius 1 is 1.32 bits per heavy atom. The minimum atomic E-state index is -2.24. The molecule has 0 bridgehead atoms. The van der Waals surface area contributed by atoms with Gasteiger partial charge in [-0.2, -0.15) is 10.4 Å². The lowest BCUT2D eigenvalue weighted by Crippen LogP contribution is -2.37. The smallest absolute Gasteiger partial charge is 0.341 e. The molecule has 0 saturated heterocycles. The summed E-state index contributed by atoms with van der Waals surface area (Å²) in [5, 5.41) is 28.1. The zero-order valence-electron chi connectivity index (χ0n) is 20.9. The van der Waals surface area contributed by atoms with Crippen LogP contribution in [0.5, 0.6) is 5.75 Å². The minimum absolute atomic E-state index is 0.0888. The van der Waals surface area contributed by atoms with E-state index >= 15 is 4.39 Å². The van der Waals surface area contributed by atoms with Crippen molar-refractivity contribution in [3.05, 3.63) is 53.6 Å². The number of methoxy groups -OCH3 is 1. The fourth-order valence-corrected chi connectivity index (χ4v) is 5.74. The van der Waals surface area contributed by atoms with Crippen molar-refractivity contribution in [2.45, 2.75) is 63.0 Å². The molecule has 0 unspecified atom stereocenters. The standard InChI is InChI=1S/C28H28F2N4O3/c1-27(2,10-11-31)25-24(16-6-8-28(30,9-7-16)26(35)36)19-14-21-17(15-32-33-21)12-22(19)34(25)18-4-5-20(29)23(13-18)37-3/h4-5,12-16H,6-10H2,1-3H3,(H,32,33)(H,35,36). The van der Waals surface area contributed by atoms with Crippen LogP contribution in [0.1, 0.15) is 63.1 Å². The van der Waals surface area contributed by atoms with Gasteiger partial charge in [-0.1, -0.05) is 13.8 Å². The van der Waals surface area contributed by atoms with Crippen LogP contribution in [0.3, 0.4) is 0 Å². The number of ether oxygens (including phenoxy) is 1. The van der Waals surface area contributed by atoms with Crippen LogP contribution < -0.4 is 4.74 Å². The molecule has 4 aromatic rings. The van der Waals surface area contributed by atoms with Gasteiger partial charge in [-0.05, 0) is 61.4 Å². The molecule has 2 N–H and O–H groups in total. The van der Waals surface area contributed by atoms with Crippen molar-refractivity contribution >= 4 is 27.8 Å². The molecule has 1 aliphatic carbocycles. The lowest BCUT2D eigenvalue weighted by molar-refractivity contribution is -0.153. The number of hydrogen-bond acceptors (Lipinski definition) is 4. The lowest BCUT2D eigenvalue weighted by atomic mass is 9.73. The second-order valence-electron chi connectivity index (χ2n) is 10.5. The number of aliphatic carboxylic acids is 1. The first-order valence-electron chi connectivity index (χ1n) is 12.2. The molecule has 0 amide bonds. The molecule has 1 aliphatic rings. The predicted octanol–water partition coefficient (Wildman–Crippen LogP) is 6.30. The number of nitrogens with one attached hydrogen (secondary N) is 1. The van der Waals surface area contributed by atoms with E-state index in [0.29, 0.717) is 18.5 Å². The molecule has 2 heterocycles. The second kappa shape index (κ2) is 8.87. The number of benzene rings is 2. The number of carboxylic acid groups (broad SMARTS) is 1. The van der Waals surface area contributed by atoms with Crippen LogP contribution in [-0.4, -0.2) is 38.6 Å².